The smallest absolute Gasteiger partial charge is 0.251 e. The molecular weight excluding hydrogens is 268 g/mol. The van der Waals surface area contributed by atoms with Gasteiger partial charge in [-0.2, -0.15) is 0 Å². The van der Waals surface area contributed by atoms with Crippen LogP contribution in [0.4, 0.5) is 0 Å². The van der Waals surface area contributed by atoms with Crippen molar-refractivity contribution in [3.63, 3.8) is 0 Å². The van der Waals surface area contributed by atoms with Gasteiger partial charge in [0.25, 0.3) is 5.91 Å². The second-order valence-electron chi connectivity index (χ2n) is 4.68. The molecular formula is C16H26N2O3. The first-order valence-corrected chi connectivity index (χ1v) is 7.52. The highest BCUT2D eigenvalue weighted by Gasteiger charge is 2.10. The highest BCUT2D eigenvalue weighted by molar-refractivity contribution is 5.94. The zero-order valence-corrected chi connectivity index (χ0v) is 13.2. The van der Waals surface area contributed by atoms with Gasteiger partial charge >= 0.3 is 0 Å². The van der Waals surface area contributed by atoms with E-state index in [1.54, 1.807) is 25.3 Å². The van der Waals surface area contributed by atoms with Crippen molar-refractivity contribution < 1.29 is 14.3 Å². The van der Waals surface area contributed by atoms with Gasteiger partial charge in [0.2, 0.25) is 0 Å². The molecule has 0 aliphatic carbocycles. The molecule has 0 spiro atoms. The number of hydrogen-bond donors (Lipinski definition) is 2. The third kappa shape index (κ3) is 6.04. The second kappa shape index (κ2) is 10.0. The van der Waals surface area contributed by atoms with E-state index < -0.39 is 0 Å². The van der Waals surface area contributed by atoms with Gasteiger partial charge in [0.1, 0.15) is 0 Å². The molecule has 0 fully saturated rings. The van der Waals surface area contributed by atoms with Crippen LogP contribution in [0, 0.1) is 0 Å². The van der Waals surface area contributed by atoms with E-state index in [4.69, 9.17) is 9.47 Å². The lowest BCUT2D eigenvalue weighted by atomic mass is 10.2. The lowest BCUT2D eigenvalue weighted by molar-refractivity contribution is 0.0953. The molecule has 0 heterocycles. The first-order valence-electron chi connectivity index (χ1n) is 7.52. The predicted octanol–water partition coefficient (Wildman–Crippen LogP) is 2.21. The van der Waals surface area contributed by atoms with E-state index in [0.29, 0.717) is 30.2 Å². The lowest BCUT2D eigenvalue weighted by Gasteiger charge is -2.12. The summed E-state index contributed by atoms with van der Waals surface area (Å²) in [4.78, 5) is 12.0. The van der Waals surface area contributed by atoms with E-state index in [1.165, 1.54) is 0 Å². The topological polar surface area (TPSA) is 59.6 Å². The number of hydrogen-bond acceptors (Lipinski definition) is 4. The number of ether oxygens (including phenoxy) is 2. The molecule has 0 unspecified atom stereocenters. The number of benzene rings is 1. The molecule has 0 saturated heterocycles. The number of rotatable bonds is 10. The summed E-state index contributed by atoms with van der Waals surface area (Å²) in [7, 11) is 1.58. The maximum atomic E-state index is 12.0. The Kier molecular flexibility index (Phi) is 8.28. The van der Waals surface area contributed by atoms with Crippen molar-refractivity contribution in [2.24, 2.45) is 0 Å². The van der Waals surface area contributed by atoms with E-state index in [0.717, 1.165) is 25.9 Å². The fraction of sp³-hybridized carbons (Fsp3) is 0.562. The monoisotopic (exact) mass is 294 g/mol. The summed E-state index contributed by atoms with van der Waals surface area (Å²) in [6.07, 6.45) is 2.07. The largest absolute Gasteiger partial charge is 0.493 e. The SMILES string of the molecule is CCCCOc1ccc(C(=O)NCCNCC)cc1OC. The molecule has 0 aliphatic rings. The van der Waals surface area contributed by atoms with Gasteiger partial charge in [0.15, 0.2) is 11.5 Å². The van der Waals surface area contributed by atoms with E-state index in [-0.39, 0.29) is 5.91 Å². The van der Waals surface area contributed by atoms with Crippen molar-refractivity contribution >= 4 is 5.91 Å². The Balaban J connectivity index is 2.61. The molecule has 0 atom stereocenters. The van der Waals surface area contributed by atoms with Gasteiger partial charge in [-0.05, 0) is 31.2 Å². The van der Waals surface area contributed by atoms with E-state index in [2.05, 4.69) is 17.6 Å². The van der Waals surface area contributed by atoms with Crippen LogP contribution >= 0.6 is 0 Å². The fourth-order valence-electron chi connectivity index (χ4n) is 1.80. The van der Waals surface area contributed by atoms with Gasteiger partial charge in [0, 0.05) is 18.7 Å². The van der Waals surface area contributed by atoms with Crippen LogP contribution in [-0.4, -0.2) is 39.3 Å². The number of unbranched alkanes of at least 4 members (excludes halogenated alkanes) is 1. The number of likely N-dealkylation sites (N-methyl/N-ethyl adjacent to an activating group) is 1. The average Bonchev–Trinajstić information content (AvgIpc) is 2.51. The summed E-state index contributed by atoms with van der Waals surface area (Å²) in [5.74, 6) is 1.16. The van der Waals surface area contributed by atoms with Crippen molar-refractivity contribution in [3.05, 3.63) is 23.8 Å². The number of carbonyl (C=O) groups excluding carboxylic acids is 1. The summed E-state index contributed by atoms with van der Waals surface area (Å²) >= 11 is 0. The molecule has 0 bridgehead atoms. The average molecular weight is 294 g/mol. The van der Waals surface area contributed by atoms with Gasteiger partial charge in [-0.15, -0.1) is 0 Å². The van der Waals surface area contributed by atoms with Crippen LogP contribution in [0.3, 0.4) is 0 Å². The number of amides is 1. The third-order valence-corrected chi connectivity index (χ3v) is 3.02. The molecule has 5 heteroatoms. The molecule has 0 radical (unpaired) electrons. The van der Waals surface area contributed by atoms with Crippen molar-refractivity contribution in [2.75, 3.05) is 33.4 Å². The minimum absolute atomic E-state index is 0.105. The maximum absolute atomic E-state index is 12.0. The summed E-state index contributed by atoms with van der Waals surface area (Å²) in [5.41, 5.74) is 0.575. The minimum Gasteiger partial charge on any atom is -0.493 e. The van der Waals surface area contributed by atoms with Gasteiger partial charge in [-0.25, -0.2) is 0 Å². The molecule has 2 N–H and O–H groups in total. The molecule has 0 saturated carbocycles. The second-order valence-corrected chi connectivity index (χ2v) is 4.68. The summed E-state index contributed by atoms with van der Waals surface area (Å²) in [5, 5.41) is 6.02. The van der Waals surface area contributed by atoms with Gasteiger partial charge in [-0.1, -0.05) is 20.3 Å². The normalized spacial score (nSPS) is 10.2. The first kappa shape index (κ1) is 17.3. The molecule has 1 aromatic rings. The van der Waals surface area contributed by atoms with E-state index in [9.17, 15) is 4.79 Å². The van der Waals surface area contributed by atoms with Crippen LogP contribution in [0.25, 0.3) is 0 Å². The van der Waals surface area contributed by atoms with Crippen molar-refractivity contribution in [1.29, 1.82) is 0 Å². The van der Waals surface area contributed by atoms with Crippen LogP contribution < -0.4 is 20.1 Å². The summed E-state index contributed by atoms with van der Waals surface area (Å²) in [6, 6.07) is 5.25. The predicted molar refractivity (Wildman–Crippen MR) is 84.3 cm³/mol. The molecule has 5 nitrogen and oxygen atoms in total. The van der Waals surface area contributed by atoms with Crippen LogP contribution in [0.15, 0.2) is 18.2 Å². The molecule has 1 amide bonds. The third-order valence-electron chi connectivity index (χ3n) is 3.02. The summed E-state index contributed by atoms with van der Waals surface area (Å²) < 4.78 is 10.9. The molecule has 1 rings (SSSR count). The van der Waals surface area contributed by atoms with Crippen LogP contribution in [0.1, 0.15) is 37.0 Å². The zero-order valence-electron chi connectivity index (χ0n) is 13.2. The molecule has 21 heavy (non-hydrogen) atoms. The van der Waals surface area contributed by atoms with Crippen molar-refractivity contribution in [1.82, 2.24) is 10.6 Å². The Bertz CT molecular complexity index is 436. The summed E-state index contributed by atoms with van der Waals surface area (Å²) in [6.45, 7) is 7.06. The molecule has 0 aromatic heterocycles. The lowest BCUT2D eigenvalue weighted by Crippen LogP contribution is -2.31. The standard InChI is InChI=1S/C16H26N2O3/c1-4-6-11-21-14-8-7-13(12-15(14)20-3)16(19)18-10-9-17-5-2/h7-8,12,17H,4-6,9-11H2,1-3H3,(H,18,19). The minimum atomic E-state index is -0.105. The van der Waals surface area contributed by atoms with Crippen LogP contribution in [0.5, 0.6) is 11.5 Å². The van der Waals surface area contributed by atoms with Crippen molar-refractivity contribution in [3.8, 4) is 11.5 Å². The maximum Gasteiger partial charge on any atom is 0.251 e. The van der Waals surface area contributed by atoms with Crippen LogP contribution in [-0.2, 0) is 0 Å². The Morgan fingerprint density at radius 2 is 2.00 bits per heavy atom. The Hall–Kier alpha value is -1.75. The number of methoxy groups -OCH3 is 1. The Morgan fingerprint density at radius 3 is 2.67 bits per heavy atom. The van der Waals surface area contributed by atoms with Crippen molar-refractivity contribution in [2.45, 2.75) is 26.7 Å². The highest BCUT2D eigenvalue weighted by Crippen LogP contribution is 2.28. The van der Waals surface area contributed by atoms with Gasteiger partial charge < -0.3 is 20.1 Å². The molecule has 1 aromatic carbocycles. The number of nitrogens with one attached hydrogen (secondary N) is 2. The quantitative estimate of drug-likeness (QED) is 0.650. The van der Waals surface area contributed by atoms with Gasteiger partial charge in [-0.3, -0.25) is 4.79 Å². The Morgan fingerprint density at radius 1 is 1.19 bits per heavy atom. The number of carbonyl (C=O) groups is 1. The molecule has 118 valence electrons. The first-order chi connectivity index (χ1) is 10.2. The molecule has 0 aliphatic heterocycles. The zero-order chi connectivity index (χ0) is 15.5. The van der Waals surface area contributed by atoms with Crippen LogP contribution in [0.2, 0.25) is 0 Å². The fourth-order valence-corrected chi connectivity index (χ4v) is 1.80. The Labute approximate surface area is 127 Å². The van der Waals surface area contributed by atoms with Gasteiger partial charge in [0.05, 0.1) is 13.7 Å². The highest BCUT2D eigenvalue weighted by atomic mass is 16.5. The van der Waals surface area contributed by atoms with E-state index in [1.807, 2.05) is 6.92 Å². The van der Waals surface area contributed by atoms with E-state index >= 15 is 0 Å².